The minimum atomic E-state index is -0.588. The lowest BCUT2D eigenvalue weighted by molar-refractivity contribution is -0.0119. The van der Waals surface area contributed by atoms with Gasteiger partial charge in [-0.2, -0.15) is 0 Å². The van der Waals surface area contributed by atoms with Crippen molar-refractivity contribution >= 4 is 5.97 Å². The predicted octanol–water partition coefficient (Wildman–Crippen LogP) is 1.83. The van der Waals surface area contributed by atoms with Gasteiger partial charge in [0.1, 0.15) is 5.69 Å². The number of hydrogen-bond donors (Lipinski definition) is 3. The van der Waals surface area contributed by atoms with E-state index in [4.69, 9.17) is 0 Å². The summed E-state index contributed by atoms with van der Waals surface area (Å²) < 4.78 is 4.65. The molecule has 1 saturated carbocycles. The molecule has 5 nitrogen and oxygen atoms in total. The molecule has 2 atom stereocenters. The second-order valence-electron chi connectivity index (χ2n) is 5.92. The van der Waals surface area contributed by atoms with Crippen LogP contribution in [0.4, 0.5) is 0 Å². The van der Waals surface area contributed by atoms with Crippen molar-refractivity contribution in [2.75, 3.05) is 13.7 Å². The van der Waals surface area contributed by atoms with E-state index in [0.29, 0.717) is 24.7 Å². The molecule has 1 heterocycles. The smallest absolute Gasteiger partial charge is 0.354 e. The fraction of sp³-hybridized carbons (Fsp3) is 0.667. The van der Waals surface area contributed by atoms with Crippen molar-refractivity contribution in [1.82, 2.24) is 10.3 Å². The van der Waals surface area contributed by atoms with Crippen LogP contribution in [0.5, 0.6) is 0 Å². The molecule has 0 saturated heterocycles. The Hall–Kier alpha value is -1.33. The zero-order valence-electron chi connectivity index (χ0n) is 12.2. The van der Waals surface area contributed by atoms with Crippen molar-refractivity contribution in [3.63, 3.8) is 0 Å². The van der Waals surface area contributed by atoms with E-state index in [1.807, 2.05) is 6.07 Å². The number of hydrogen-bond acceptors (Lipinski definition) is 4. The lowest BCUT2D eigenvalue weighted by atomic mass is 9.79. The summed E-state index contributed by atoms with van der Waals surface area (Å²) in [4.78, 5) is 14.3. The van der Waals surface area contributed by atoms with Crippen LogP contribution in [0.3, 0.4) is 0 Å². The van der Waals surface area contributed by atoms with Crippen LogP contribution >= 0.6 is 0 Å². The molecule has 1 aliphatic carbocycles. The highest BCUT2D eigenvalue weighted by molar-refractivity contribution is 5.87. The average Bonchev–Trinajstić information content (AvgIpc) is 2.86. The molecule has 20 heavy (non-hydrogen) atoms. The van der Waals surface area contributed by atoms with Crippen LogP contribution < -0.4 is 5.32 Å². The molecule has 3 N–H and O–H groups in total. The molecule has 1 aromatic rings. The number of methoxy groups -OCH3 is 1. The third-order valence-electron chi connectivity index (χ3n) is 3.99. The molecule has 0 radical (unpaired) electrons. The second kappa shape index (κ2) is 6.41. The quantitative estimate of drug-likeness (QED) is 0.719. The molecular weight excluding hydrogens is 256 g/mol. The zero-order valence-corrected chi connectivity index (χ0v) is 12.2. The summed E-state index contributed by atoms with van der Waals surface area (Å²) >= 11 is 0. The number of carbonyl (C=O) groups is 1. The Morgan fingerprint density at radius 2 is 2.40 bits per heavy atom. The maximum atomic E-state index is 11.3. The second-order valence-corrected chi connectivity index (χ2v) is 5.92. The third kappa shape index (κ3) is 3.84. The van der Waals surface area contributed by atoms with Crippen molar-refractivity contribution in [2.45, 2.75) is 44.8 Å². The summed E-state index contributed by atoms with van der Waals surface area (Å²) in [7, 11) is 1.36. The molecular formula is C15H24N2O3. The van der Waals surface area contributed by atoms with E-state index >= 15 is 0 Å². The van der Waals surface area contributed by atoms with E-state index in [2.05, 4.69) is 22.0 Å². The molecule has 0 bridgehead atoms. The molecule has 1 aliphatic rings. The van der Waals surface area contributed by atoms with Gasteiger partial charge in [-0.1, -0.05) is 19.8 Å². The first-order valence-corrected chi connectivity index (χ1v) is 7.22. The van der Waals surface area contributed by atoms with Gasteiger partial charge in [-0.25, -0.2) is 4.79 Å². The summed E-state index contributed by atoms with van der Waals surface area (Å²) in [6.45, 7) is 3.38. The molecule has 2 rings (SSSR count). The Kier molecular flexibility index (Phi) is 4.83. The van der Waals surface area contributed by atoms with Gasteiger partial charge in [-0.05, 0) is 30.9 Å². The highest BCUT2D eigenvalue weighted by Crippen LogP contribution is 2.31. The van der Waals surface area contributed by atoms with Crippen LogP contribution in [-0.4, -0.2) is 35.3 Å². The number of nitrogens with one attached hydrogen (secondary N) is 2. The predicted molar refractivity (Wildman–Crippen MR) is 76.4 cm³/mol. The normalized spacial score (nSPS) is 26.4. The van der Waals surface area contributed by atoms with Gasteiger partial charge in [0.2, 0.25) is 0 Å². The summed E-state index contributed by atoms with van der Waals surface area (Å²) in [5.74, 6) is 0.225. The lowest BCUT2D eigenvalue weighted by Gasteiger charge is -2.35. The lowest BCUT2D eigenvalue weighted by Crippen LogP contribution is -2.43. The van der Waals surface area contributed by atoms with E-state index in [0.717, 1.165) is 25.0 Å². The fourth-order valence-electron chi connectivity index (χ4n) is 3.00. The number of carbonyl (C=O) groups excluding carboxylic acids is 1. The Bertz CT molecular complexity index is 458. The van der Waals surface area contributed by atoms with Crippen molar-refractivity contribution in [2.24, 2.45) is 5.92 Å². The number of aromatic nitrogens is 1. The number of aliphatic hydroxyl groups is 1. The van der Waals surface area contributed by atoms with Gasteiger partial charge in [0.25, 0.3) is 0 Å². The van der Waals surface area contributed by atoms with Crippen molar-refractivity contribution < 1.29 is 14.6 Å². The maximum absolute atomic E-state index is 11.3. The van der Waals surface area contributed by atoms with Crippen LogP contribution in [0, 0.1) is 5.92 Å². The first-order valence-electron chi connectivity index (χ1n) is 7.22. The minimum absolute atomic E-state index is 0.365. The molecule has 0 spiro atoms. The van der Waals surface area contributed by atoms with Crippen LogP contribution in [0.15, 0.2) is 12.1 Å². The molecule has 1 aromatic heterocycles. The van der Waals surface area contributed by atoms with Crippen LogP contribution in [0.2, 0.25) is 0 Å². The van der Waals surface area contributed by atoms with E-state index < -0.39 is 5.60 Å². The van der Waals surface area contributed by atoms with E-state index in [1.165, 1.54) is 13.5 Å². The maximum Gasteiger partial charge on any atom is 0.354 e. The zero-order chi connectivity index (χ0) is 14.6. The molecule has 0 amide bonds. The van der Waals surface area contributed by atoms with Crippen LogP contribution in [0.1, 0.15) is 48.8 Å². The van der Waals surface area contributed by atoms with Gasteiger partial charge >= 0.3 is 5.97 Å². The Morgan fingerprint density at radius 1 is 1.60 bits per heavy atom. The van der Waals surface area contributed by atoms with Gasteiger partial charge < -0.3 is 20.1 Å². The largest absolute Gasteiger partial charge is 0.464 e. The first kappa shape index (κ1) is 15.1. The number of aromatic amines is 1. The molecule has 5 heteroatoms. The number of ether oxygens (including phenoxy) is 1. The van der Waals surface area contributed by atoms with Crippen molar-refractivity contribution in [3.8, 4) is 0 Å². The topological polar surface area (TPSA) is 74.3 Å². The Balaban J connectivity index is 1.80. The minimum Gasteiger partial charge on any atom is -0.464 e. The van der Waals surface area contributed by atoms with Gasteiger partial charge in [-0.3, -0.25) is 0 Å². The van der Waals surface area contributed by atoms with Crippen molar-refractivity contribution in [1.29, 1.82) is 0 Å². The summed E-state index contributed by atoms with van der Waals surface area (Å²) in [5.41, 5.74) is 0.780. The monoisotopic (exact) mass is 280 g/mol. The van der Waals surface area contributed by atoms with Crippen LogP contribution in [-0.2, 0) is 11.3 Å². The van der Waals surface area contributed by atoms with E-state index in [9.17, 15) is 9.90 Å². The highest BCUT2D eigenvalue weighted by atomic mass is 16.5. The average molecular weight is 280 g/mol. The Morgan fingerprint density at radius 3 is 3.10 bits per heavy atom. The number of rotatable bonds is 5. The van der Waals surface area contributed by atoms with Crippen LogP contribution in [0.25, 0.3) is 0 Å². The van der Waals surface area contributed by atoms with Gasteiger partial charge in [0, 0.05) is 18.8 Å². The molecule has 112 valence electrons. The standard InChI is InChI=1S/C15H24N2O3/c1-11-4-3-7-15(19,8-11)10-16-9-12-5-6-13(17-12)14(18)20-2/h5-6,11,16-17,19H,3-4,7-10H2,1-2H3. The Labute approximate surface area is 119 Å². The fourth-order valence-corrected chi connectivity index (χ4v) is 3.00. The molecule has 0 aromatic carbocycles. The van der Waals surface area contributed by atoms with Gasteiger partial charge in [0.15, 0.2) is 0 Å². The van der Waals surface area contributed by atoms with E-state index in [-0.39, 0.29) is 5.97 Å². The summed E-state index contributed by atoms with van der Waals surface area (Å²) in [6.07, 6.45) is 4.02. The van der Waals surface area contributed by atoms with Gasteiger partial charge in [0.05, 0.1) is 12.7 Å². The number of esters is 1. The summed E-state index contributed by atoms with van der Waals surface area (Å²) in [6, 6.07) is 3.56. The molecule has 1 fully saturated rings. The first-order chi connectivity index (χ1) is 9.52. The summed E-state index contributed by atoms with van der Waals surface area (Å²) in [5, 5.41) is 13.8. The molecule has 0 aliphatic heterocycles. The third-order valence-corrected chi connectivity index (χ3v) is 3.99. The van der Waals surface area contributed by atoms with E-state index in [1.54, 1.807) is 6.07 Å². The number of H-pyrrole nitrogens is 1. The SMILES string of the molecule is COC(=O)c1ccc(CNCC2(O)CCCC(C)C2)[nH]1. The van der Waals surface area contributed by atoms with Gasteiger partial charge in [-0.15, -0.1) is 0 Å². The van der Waals surface area contributed by atoms with Crippen molar-refractivity contribution in [3.05, 3.63) is 23.5 Å². The highest BCUT2D eigenvalue weighted by Gasteiger charge is 2.31. The molecule has 2 unspecified atom stereocenters.